The molecule has 0 aliphatic rings. The van der Waals surface area contributed by atoms with Gasteiger partial charge in [0.1, 0.15) is 0 Å². The maximum absolute atomic E-state index is 4.72. The van der Waals surface area contributed by atoms with Crippen molar-refractivity contribution in [1.82, 2.24) is 0 Å². The first-order chi connectivity index (χ1) is 9.29. The fourth-order valence-corrected chi connectivity index (χ4v) is 1.11. The molecule has 4 radical (unpaired) electrons. The van der Waals surface area contributed by atoms with Crippen LogP contribution in [0, 0.1) is 11.8 Å². The number of hydrogen-bond acceptors (Lipinski definition) is 2. The van der Waals surface area contributed by atoms with E-state index in [9.17, 15) is 0 Å². The smallest absolute Gasteiger partial charge is 0.793 e. The number of rotatable bonds is 6. The predicted octanol–water partition coefficient (Wildman–Crippen LogP) is 6.31. The van der Waals surface area contributed by atoms with Crippen molar-refractivity contribution in [2.24, 2.45) is 0 Å². The Hall–Kier alpha value is 1.50. The molecule has 128 valence electrons. The van der Waals surface area contributed by atoms with Crippen LogP contribution in [0.1, 0.15) is 93.9 Å². The van der Waals surface area contributed by atoms with Crippen molar-refractivity contribution in [1.29, 1.82) is 0 Å². The van der Waals surface area contributed by atoms with Gasteiger partial charge in [-0.05, 0) is 11.8 Å². The van der Waals surface area contributed by atoms with E-state index in [-0.39, 0.29) is 23.9 Å². The molecule has 0 fully saturated rings. The summed E-state index contributed by atoms with van der Waals surface area (Å²) in [5, 5.41) is 0. The average Bonchev–Trinajstić information content (AvgIpc) is 2.33. The van der Waals surface area contributed by atoms with Gasteiger partial charge in [0.2, 0.25) is 0 Å². The van der Waals surface area contributed by atoms with Gasteiger partial charge in [-0.25, -0.2) is 0 Å². The zero-order valence-corrected chi connectivity index (χ0v) is 20.5. The minimum absolute atomic E-state index is 0. The fourth-order valence-electron chi connectivity index (χ4n) is 0.704. The Morgan fingerprint density at radius 2 is 0.762 bits per heavy atom. The summed E-state index contributed by atoms with van der Waals surface area (Å²) in [5.41, 5.74) is 0. The Morgan fingerprint density at radius 1 is 0.571 bits per heavy atom. The van der Waals surface area contributed by atoms with E-state index in [2.05, 4.69) is 55.4 Å². The van der Waals surface area contributed by atoms with Gasteiger partial charge in [-0.15, -0.1) is 0 Å². The van der Waals surface area contributed by atoms with E-state index in [4.69, 9.17) is 25.3 Å². The van der Waals surface area contributed by atoms with Crippen LogP contribution in [-0.4, -0.2) is 35.4 Å². The standard InChI is InChI=1S/2C5H12S.2C4H9.Sn/c2*1-2-3-4-5-6;2*1-4(2)3;/h2*6H,2-5H2,1H3;2*1-3H3;/q;;;;+2/p-2. The van der Waals surface area contributed by atoms with Crippen molar-refractivity contribution >= 4 is 49.2 Å². The van der Waals surface area contributed by atoms with Gasteiger partial charge in [0.05, 0.1) is 0 Å². The molecular formula is C18H40S2Sn. The molecule has 0 heterocycles. The zero-order chi connectivity index (χ0) is 16.8. The molecule has 3 heteroatoms. The van der Waals surface area contributed by atoms with Crippen LogP contribution in [0.3, 0.4) is 0 Å². The molecule has 0 rings (SSSR count). The van der Waals surface area contributed by atoms with Gasteiger partial charge in [-0.1, -0.05) is 93.9 Å². The Labute approximate surface area is 165 Å². The third-order valence-electron chi connectivity index (χ3n) is 1.50. The second-order valence-electron chi connectivity index (χ2n) is 5.82. The summed E-state index contributed by atoms with van der Waals surface area (Å²) < 4.78 is 0. The summed E-state index contributed by atoms with van der Waals surface area (Å²) >= 11 is 9.43. The third kappa shape index (κ3) is 145. The molecule has 0 unspecified atom stereocenters. The molecule has 0 spiro atoms. The predicted molar refractivity (Wildman–Crippen MR) is 110 cm³/mol. The van der Waals surface area contributed by atoms with Crippen molar-refractivity contribution < 1.29 is 0 Å². The van der Waals surface area contributed by atoms with Crippen LogP contribution < -0.4 is 0 Å². The molecule has 0 N–H and O–H groups in total. The summed E-state index contributed by atoms with van der Waals surface area (Å²) in [7, 11) is 0. The van der Waals surface area contributed by atoms with Gasteiger partial charge in [0.25, 0.3) is 0 Å². The van der Waals surface area contributed by atoms with Gasteiger partial charge in [0, 0.05) is 0 Å². The van der Waals surface area contributed by atoms with Crippen LogP contribution in [0.5, 0.6) is 0 Å². The molecule has 0 aromatic heterocycles. The van der Waals surface area contributed by atoms with Gasteiger partial charge >= 0.3 is 23.9 Å². The summed E-state index contributed by atoms with van der Waals surface area (Å²) in [6.07, 6.45) is 7.65. The van der Waals surface area contributed by atoms with Crippen molar-refractivity contribution in [2.45, 2.75) is 93.9 Å². The first-order valence-corrected chi connectivity index (χ1v) is 9.15. The molecule has 0 saturated carbocycles. The van der Waals surface area contributed by atoms with Crippen molar-refractivity contribution in [3.8, 4) is 0 Å². The summed E-state index contributed by atoms with van der Waals surface area (Å²) in [6, 6.07) is 0. The first kappa shape index (κ1) is 34.0. The molecule has 0 aromatic carbocycles. The van der Waals surface area contributed by atoms with E-state index < -0.39 is 0 Å². The van der Waals surface area contributed by atoms with E-state index in [1.54, 1.807) is 0 Å². The molecule has 0 bridgehead atoms. The van der Waals surface area contributed by atoms with Crippen molar-refractivity contribution in [2.75, 3.05) is 11.5 Å². The molecule has 0 aliphatic heterocycles. The maximum Gasteiger partial charge on any atom is 2.00 e. The average molecular weight is 439 g/mol. The van der Waals surface area contributed by atoms with E-state index in [1.165, 1.54) is 50.4 Å². The number of unbranched alkanes of at least 4 members (excludes halogenated alkanes) is 4. The third-order valence-corrected chi connectivity index (χ3v) is 2.07. The van der Waals surface area contributed by atoms with Gasteiger partial charge < -0.3 is 25.3 Å². The van der Waals surface area contributed by atoms with Crippen LogP contribution in [0.2, 0.25) is 0 Å². The van der Waals surface area contributed by atoms with Crippen LogP contribution in [0.4, 0.5) is 0 Å². The van der Waals surface area contributed by atoms with Crippen molar-refractivity contribution in [3.05, 3.63) is 11.8 Å². The summed E-state index contributed by atoms with van der Waals surface area (Å²) in [5.74, 6) is 4.71. The quantitative estimate of drug-likeness (QED) is 0.270. The second kappa shape index (κ2) is 37.6. The number of hydrogen-bond donors (Lipinski definition) is 0. The fraction of sp³-hybridized carbons (Fsp3) is 0.889. The van der Waals surface area contributed by atoms with E-state index in [0.29, 0.717) is 0 Å². The Bertz CT molecular complexity index is 90.3. The van der Waals surface area contributed by atoms with E-state index in [0.717, 1.165) is 11.5 Å². The van der Waals surface area contributed by atoms with Crippen LogP contribution in [0.15, 0.2) is 0 Å². The molecule has 0 atom stereocenters. The Kier molecular flexibility index (Phi) is 60.8. The summed E-state index contributed by atoms with van der Waals surface area (Å²) in [4.78, 5) is 0. The Balaban J connectivity index is -0.0000000544. The molecule has 0 nitrogen and oxygen atoms in total. The molecule has 0 aliphatic carbocycles. The van der Waals surface area contributed by atoms with E-state index >= 15 is 0 Å². The normalized spacial score (nSPS) is 8.57. The molecule has 0 amide bonds. The SMILES string of the molecule is CCCCC[S-].CCCCC[S-].C[C](C)C.C[C](C)C.[Sn+2]. The van der Waals surface area contributed by atoms with Crippen LogP contribution in [-0.2, 0) is 25.3 Å². The maximum atomic E-state index is 4.72. The zero-order valence-electron chi connectivity index (χ0n) is 16.0. The molecule has 0 aromatic rings. The first-order valence-electron chi connectivity index (χ1n) is 7.99. The van der Waals surface area contributed by atoms with Crippen molar-refractivity contribution in [3.63, 3.8) is 0 Å². The van der Waals surface area contributed by atoms with Gasteiger partial charge in [0.15, 0.2) is 0 Å². The monoisotopic (exact) mass is 440 g/mol. The topological polar surface area (TPSA) is 0 Å². The van der Waals surface area contributed by atoms with Gasteiger partial charge in [-0.3, -0.25) is 0 Å². The molecule has 0 saturated heterocycles. The minimum Gasteiger partial charge on any atom is -0.793 e. The van der Waals surface area contributed by atoms with E-state index in [1.807, 2.05) is 0 Å². The summed E-state index contributed by atoms with van der Waals surface area (Å²) in [6.45, 7) is 16.9. The largest absolute Gasteiger partial charge is 2.00 e. The molecular weight excluding hydrogens is 399 g/mol. The van der Waals surface area contributed by atoms with Crippen LogP contribution in [0.25, 0.3) is 0 Å². The minimum atomic E-state index is 0. The molecule has 21 heavy (non-hydrogen) atoms. The second-order valence-corrected chi connectivity index (χ2v) is 6.64. The van der Waals surface area contributed by atoms with Gasteiger partial charge in [-0.2, -0.15) is 11.5 Å². The Morgan fingerprint density at radius 3 is 0.810 bits per heavy atom. The van der Waals surface area contributed by atoms with Crippen LogP contribution >= 0.6 is 0 Å².